The van der Waals surface area contributed by atoms with Crippen molar-refractivity contribution in [2.24, 2.45) is 5.92 Å². The Labute approximate surface area is 79.5 Å². The van der Waals surface area contributed by atoms with Gasteiger partial charge in [0, 0.05) is 25.4 Å². The van der Waals surface area contributed by atoms with Crippen molar-refractivity contribution in [1.29, 1.82) is 0 Å². The number of rotatable bonds is 3. The van der Waals surface area contributed by atoms with E-state index in [4.69, 9.17) is 0 Å². The first-order valence-electron chi connectivity index (χ1n) is 4.95. The van der Waals surface area contributed by atoms with E-state index in [1.165, 1.54) is 0 Å². The first-order valence-corrected chi connectivity index (χ1v) is 4.95. The van der Waals surface area contributed by atoms with E-state index in [2.05, 4.69) is 5.32 Å². The normalized spacial score (nSPS) is 24.8. The second-order valence-electron chi connectivity index (χ2n) is 4.47. The molecule has 76 valence electrons. The number of hydrogen-bond acceptors (Lipinski definition) is 3. The smallest absolute Gasteiger partial charge is 0.138 e. The monoisotopic (exact) mass is 185 g/mol. The quantitative estimate of drug-likeness (QED) is 0.681. The Morgan fingerprint density at radius 2 is 2.31 bits per heavy atom. The summed E-state index contributed by atoms with van der Waals surface area (Å²) >= 11 is 0. The molecule has 0 aromatic heterocycles. The molecule has 0 saturated carbocycles. The van der Waals surface area contributed by atoms with Gasteiger partial charge < -0.3 is 10.4 Å². The molecule has 3 nitrogen and oxygen atoms in total. The zero-order valence-electron chi connectivity index (χ0n) is 8.47. The third kappa shape index (κ3) is 3.87. The topological polar surface area (TPSA) is 49.3 Å². The number of ketones is 1. The first kappa shape index (κ1) is 10.7. The number of hydrogen-bond donors (Lipinski definition) is 2. The lowest BCUT2D eigenvalue weighted by Crippen LogP contribution is -2.37. The van der Waals surface area contributed by atoms with Crippen LogP contribution in [0.2, 0.25) is 0 Å². The predicted octanol–water partition coefficient (Wildman–Crippen LogP) is 0.716. The fraction of sp³-hybridized carbons (Fsp3) is 0.900. The Bertz CT molecular complexity index is 184. The standard InChI is InChI=1S/C10H19NO2/c1-10(2,13)5-3-8-7-11-6-4-9(8)12/h8,11,13H,3-7H2,1-2H3. The molecule has 0 aromatic carbocycles. The highest BCUT2D eigenvalue weighted by Crippen LogP contribution is 2.18. The van der Waals surface area contributed by atoms with Crippen molar-refractivity contribution >= 4 is 5.78 Å². The van der Waals surface area contributed by atoms with E-state index in [0.29, 0.717) is 18.6 Å². The van der Waals surface area contributed by atoms with Crippen LogP contribution in [0.5, 0.6) is 0 Å². The van der Waals surface area contributed by atoms with Gasteiger partial charge in [-0.25, -0.2) is 0 Å². The number of aliphatic hydroxyl groups is 1. The Morgan fingerprint density at radius 1 is 1.62 bits per heavy atom. The molecule has 1 unspecified atom stereocenters. The summed E-state index contributed by atoms with van der Waals surface area (Å²) in [5, 5.41) is 12.7. The third-order valence-electron chi connectivity index (χ3n) is 2.50. The van der Waals surface area contributed by atoms with Gasteiger partial charge in [0.25, 0.3) is 0 Å². The van der Waals surface area contributed by atoms with Crippen LogP contribution in [-0.2, 0) is 4.79 Å². The maximum Gasteiger partial charge on any atom is 0.138 e. The van der Waals surface area contributed by atoms with Gasteiger partial charge in [-0.05, 0) is 26.7 Å². The molecule has 0 aromatic rings. The van der Waals surface area contributed by atoms with E-state index in [0.717, 1.165) is 19.5 Å². The molecule has 1 fully saturated rings. The fourth-order valence-corrected chi connectivity index (χ4v) is 1.60. The second kappa shape index (κ2) is 4.20. The Morgan fingerprint density at radius 3 is 2.85 bits per heavy atom. The van der Waals surface area contributed by atoms with E-state index in [-0.39, 0.29) is 5.92 Å². The Kier molecular flexibility index (Phi) is 3.45. The lowest BCUT2D eigenvalue weighted by Gasteiger charge is -2.24. The summed E-state index contributed by atoms with van der Waals surface area (Å²) in [5.74, 6) is 0.475. The van der Waals surface area contributed by atoms with Crippen LogP contribution in [0.15, 0.2) is 0 Å². The van der Waals surface area contributed by atoms with Crippen molar-refractivity contribution in [1.82, 2.24) is 5.32 Å². The number of piperidine rings is 1. The van der Waals surface area contributed by atoms with Crippen molar-refractivity contribution in [3.05, 3.63) is 0 Å². The van der Waals surface area contributed by atoms with Gasteiger partial charge in [0.05, 0.1) is 5.60 Å². The van der Waals surface area contributed by atoms with Gasteiger partial charge in [-0.1, -0.05) is 0 Å². The molecule has 2 N–H and O–H groups in total. The number of Topliss-reactive ketones (excluding diaryl/α,β-unsaturated/α-hetero) is 1. The van der Waals surface area contributed by atoms with Crippen molar-refractivity contribution in [3.8, 4) is 0 Å². The van der Waals surface area contributed by atoms with Crippen molar-refractivity contribution in [2.45, 2.75) is 38.7 Å². The van der Waals surface area contributed by atoms with E-state index < -0.39 is 5.60 Å². The van der Waals surface area contributed by atoms with Crippen LogP contribution >= 0.6 is 0 Å². The maximum atomic E-state index is 11.4. The molecule has 0 bridgehead atoms. The fourth-order valence-electron chi connectivity index (χ4n) is 1.60. The van der Waals surface area contributed by atoms with Crippen LogP contribution in [0.3, 0.4) is 0 Å². The minimum Gasteiger partial charge on any atom is -0.390 e. The first-order chi connectivity index (χ1) is 5.99. The molecule has 13 heavy (non-hydrogen) atoms. The molecule has 0 radical (unpaired) electrons. The molecule has 1 rings (SSSR count). The van der Waals surface area contributed by atoms with Crippen LogP contribution in [0.4, 0.5) is 0 Å². The molecule has 1 aliphatic rings. The summed E-state index contributed by atoms with van der Waals surface area (Å²) in [5.41, 5.74) is -0.641. The van der Waals surface area contributed by atoms with Crippen molar-refractivity contribution in [2.75, 3.05) is 13.1 Å². The lowest BCUT2D eigenvalue weighted by atomic mass is 9.89. The van der Waals surface area contributed by atoms with Gasteiger partial charge in [-0.2, -0.15) is 0 Å². The van der Waals surface area contributed by atoms with E-state index in [1.54, 1.807) is 13.8 Å². The van der Waals surface area contributed by atoms with Crippen LogP contribution in [0.25, 0.3) is 0 Å². The Hall–Kier alpha value is -0.410. The lowest BCUT2D eigenvalue weighted by molar-refractivity contribution is -0.124. The van der Waals surface area contributed by atoms with E-state index in [9.17, 15) is 9.90 Å². The summed E-state index contributed by atoms with van der Waals surface area (Å²) < 4.78 is 0. The van der Waals surface area contributed by atoms with Gasteiger partial charge in [0.15, 0.2) is 0 Å². The van der Waals surface area contributed by atoms with Gasteiger partial charge in [0.1, 0.15) is 5.78 Å². The average molecular weight is 185 g/mol. The third-order valence-corrected chi connectivity index (χ3v) is 2.50. The molecular weight excluding hydrogens is 166 g/mol. The van der Waals surface area contributed by atoms with Crippen LogP contribution in [0, 0.1) is 5.92 Å². The summed E-state index contributed by atoms with van der Waals surface area (Å²) in [6.07, 6.45) is 2.15. The van der Waals surface area contributed by atoms with Gasteiger partial charge in [-0.3, -0.25) is 4.79 Å². The summed E-state index contributed by atoms with van der Waals surface area (Å²) in [6, 6.07) is 0. The molecule has 0 amide bonds. The highest BCUT2D eigenvalue weighted by Gasteiger charge is 2.24. The molecule has 3 heteroatoms. The van der Waals surface area contributed by atoms with Gasteiger partial charge in [-0.15, -0.1) is 0 Å². The van der Waals surface area contributed by atoms with Crippen molar-refractivity contribution < 1.29 is 9.90 Å². The molecular formula is C10H19NO2. The van der Waals surface area contributed by atoms with Gasteiger partial charge >= 0.3 is 0 Å². The highest BCUT2D eigenvalue weighted by atomic mass is 16.3. The number of carbonyl (C=O) groups excluding carboxylic acids is 1. The molecule has 1 atom stereocenters. The number of carbonyl (C=O) groups is 1. The molecule has 0 spiro atoms. The van der Waals surface area contributed by atoms with E-state index in [1.807, 2.05) is 0 Å². The van der Waals surface area contributed by atoms with Gasteiger partial charge in [0.2, 0.25) is 0 Å². The number of nitrogens with one attached hydrogen (secondary N) is 1. The Balaban J connectivity index is 2.31. The average Bonchev–Trinajstić information content (AvgIpc) is 2.01. The maximum absolute atomic E-state index is 11.4. The minimum absolute atomic E-state index is 0.125. The predicted molar refractivity (Wildman–Crippen MR) is 51.5 cm³/mol. The molecule has 1 aliphatic heterocycles. The van der Waals surface area contributed by atoms with Crippen LogP contribution < -0.4 is 5.32 Å². The molecule has 0 aliphatic carbocycles. The van der Waals surface area contributed by atoms with Crippen LogP contribution in [0.1, 0.15) is 33.1 Å². The van der Waals surface area contributed by atoms with E-state index >= 15 is 0 Å². The largest absolute Gasteiger partial charge is 0.390 e. The zero-order valence-corrected chi connectivity index (χ0v) is 8.47. The molecule has 1 heterocycles. The van der Waals surface area contributed by atoms with Crippen molar-refractivity contribution in [3.63, 3.8) is 0 Å². The SMILES string of the molecule is CC(C)(O)CCC1CNCCC1=O. The van der Waals surface area contributed by atoms with Crippen LogP contribution in [-0.4, -0.2) is 29.6 Å². The zero-order chi connectivity index (χ0) is 9.90. The summed E-state index contributed by atoms with van der Waals surface area (Å²) in [6.45, 7) is 5.17. The second-order valence-corrected chi connectivity index (χ2v) is 4.47. The minimum atomic E-state index is -0.641. The summed E-state index contributed by atoms with van der Waals surface area (Å²) in [7, 11) is 0. The summed E-state index contributed by atoms with van der Waals surface area (Å²) in [4.78, 5) is 11.4. The highest BCUT2D eigenvalue weighted by molar-refractivity contribution is 5.82. The molecule has 1 saturated heterocycles.